The highest BCUT2D eigenvalue weighted by atomic mass is 16.5. The topological polar surface area (TPSA) is 26.3 Å². The van der Waals surface area contributed by atoms with E-state index in [1.54, 1.807) is 5.56 Å². The number of ether oxygens (including phenoxy) is 1. The average molecular weight is 497 g/mol. The molecule has 1 saturated carbocycles. The van der Waals surface area contributed by atoms with E-state index in [9.17, 15) is 4.79 Å². The molecule has 0 N–H and O–H groups in total. The minimum absolute atomic E-state index is 0.00439. The third-order valence-electron chi connectivity index (χ3n) is 9.21. The Bertz CT molecular complexity index is 1220. The van der Waals surface area contributed by atoms with Gasteiger partial charge in [0.05, 0.1) is 13.5 Å². The summed E-state index contributed by atoms with van der Waals surface area (Å²) < 4.78 is 4.80. The second-order valence-electron chi connectivity index (χ2n) is 11.4. The third-order valence-corrected chi connectivity index (χ3v) is 9.21. The highest BCUT2D eigenvalue weighted by Crippen LogP contribution is 2.44. The number of esters is 1. The van der Waals surface area contributed by atoms with Crippen LogP contribution in [0.1, 0.15) is 99.1 Å². The van der Waals surface area contributed by atoms with Crippen LogP contribution < -0.4 is 0 Å². The van der Waals surface area contributed by atoms with Crippen molar-refractivity contribution in [2.24, 2.45) is 0 Å². The van der Waals surface area contributed by atoms with E-state index >= 15 is 0 Å². The molecule has 1 aliphatic rings. The molecule has 0 aliphatic heterocycles. The molecule has 0 unspecified atom stereocenters. The Morgan fingerprint density at radius 1 is 0.838 bits per heavy atom. The van der Waals surface area contributed by atoms with E-state index in [2.05, 4.69) is 83.1 Å². The predicted octanol–water partition coefficient (Wildman–Crippen LogP) is 9.01. The van der Waals surface area contributed by atoms with Crippen molar-refractivity contribution in [3.63, 3.8) is 0 Å². The molecule has 0 bridgehead atoms. The fourth-order valence-corrected chi connectivity index (χ4v) is 6.80. The number of aryl methyl sites for hydroxylation is 2. The summed E-state index contributed by atoms with van der Waals surface area (Å²) in [5, 5.41) is 0. The van der Waals surface area contributed by atoms with Crippen LogP contribution in [0.3, 0.4) is 0 Å². The van der Waals surface area contributed by atoms with Gasteiger partial charge in [-0.15, -0.1) is 0 Å². The zero-order chi connectivity index (χ0) is 26.6. The largest absolute Gasteiger partial charge is 0.469 e. The number of carbonyl (C=O) groups is 1. The molecule has 2 heteroatoms. The van der Waals surface area contributed by atoms with Gasteiger partial charge < -0.3 is 4.74 Å². The van der Waals surface area contributed by atoms with Crippen molar-refractivity contribution in [2.75, 3.05) is 7.11 Å². The van der Waals surface area contributed by atoms with Crippen molar-refractivity contribution < 1.29 is 9.53 Å². The van der Waals surface area contributed by atoms with Gasteiger partial charge in [-0.3, -0.25) is 4.79 Å². The summed E-state index contributed by atoms with van der Waals surface area (Å²) in [6, 6.07) is 22.7. The van der Waals surface area contributed by atoms with E-state index in [4.69, 9.17) is 4.74 Å². The molecule has 0 radical (unpaired) electrons. The second-order valence-corrected chi connectivity index (χ2v) is 11.4. The van der Waals surface area contributed by atoms with Gasteiger partial charge in [-0.1, -0.05) is 101 Å². The summed E-state index contributed by atoms with van der Waals surface area (Å²) in [5.41, 5.74) is 10.9. The van der Waals surface area contributed by atoms with Crippen molar-refractivity contribution in [3.8, 4) is 11.1 Å². The van der Waals surface area contributed by atoms with Crippen molar-refractivity contribution in [3.05, 3.63) is 94.0 Å². The minimum Gasteiger partial charge on any atom is -0.469 e. The summed E-state index contributed by atoms with van der Waals surface area (Å²) in [6.07, 6.45) is 9.15. The van der Waals surface area contributed by atoms with Crippen LogP contribution in [0.4, 0.5) is 0 Å². The quantitative estimate of drug-likeness (QED) is 0.291. The first-order valence-electron chi connectivity index (χ1n) is 14.1. The molecule has 3 aromatic rings. The van der Waals surface area contributed by atoms with Crippen LogP contribution in [0.5, 0.6) is 0 Å². The smallest absolute Gasteiger partial charge is 0.309 e. The van der Waals surface area contributed by atoms with Gasteiger partial charge in [0.2, 0.25) is 0 Å². The van der Waals surface area contributed by atoms with Gasteiger partial charge in [0, 0.05) is 5.41 Å². The van der Waals surface area contributed by atoms with E-state index in [0.29, 0.717) is 11.8 Å². The van der Waals surface area contributed by atoms with Crippen LogP contribution in [0.15, 0.2) is 60.7 Å². The first-order chi connectivity index (χ1) is 17.8. The molecule has 1 aliphatic carbocycles. The monoisotopic (exact) mass is 496 g/mol. The molecule has 0 saturated heterocycles. The van der Waals surface area contributed by atoms with Gasteiger partial charge in [-0.05, 0) is 89.5 Å². The van der Waals surface area contributed by atoms with E-state index in [1.165, 1.54) is 72.6 Å². The molecule has 4 rings (SSSR count). The van der Waals surface area contributed by atoms with Crippen molar-refractivity contribution in [1.82, 2.24) is 0 Å². The van der Waals surface area contributed by atoms with Crippen LogP contribution in [0.2, 0.25) is 0 Å². The Labute approximate surface area is 224 Å². The average Bonchev–Trinajstić information content (AvgIpc) is 2.91. The van der Waals surface area contributed by atoms with Gasteiger partial charge in [0.15, 0.2) is 0 Å². The van der Waals surface area contributed by atoms with E-state index < -0.39 is 0 Å². The van der Waals surface area contributed by atoms with Crippen LogP contribution in [0.25, 0.3) is 11.1 Å². The molecule has 37 heavy (non-hydrogen) atoms. The van der Waals surface area contributed by atoms with Crippen molar-refractivity contribution in [1.29, 1.82) is 0 Å². The maximum absolute atomic E-state index is 11.6. The SMILES string of the molecule is CCC(CC)(c1ccc(-c2ccc(CC(=O)OC)cc2)c(C)c1)c1ccc(C2(C)CCCCC2)c(C)c1. The Morgan fingerprint density at radius 2 is 1.43 bits per heavy atom. The molecule has 3 aromatic carbocycles. The molecule has 0 amide bonds. The van der Waals surface area contributed by atoms with Gasteiger partial charge in [0.25, 0.3) is 0 Å². The number of hydrogen-bond donors (Lipinski definition) is 0. The summed E-state index contributed by atoms with van der Waals surface area (Å²) in [6.45, 7) is 11.7. The molecule has 0 spiro atoms. The first kappa shape index (κ1) is 27.2. The lowest BCUT2D eigenvalue weighted by Gasteiger charge is -2.38. The van der Waals surface area contributed by atoms with Crippen LogP contribution in [-0.4, -0.2) is 13.1 Å². The fourth-order valence-electron chi connectivity index (χ4n) is 6.80. The minimum atomic E-state index is -0.208. The fraction of sp³-hybridized carbons (Fsp3) is 0.457. The molecular weight excluding hydrogens is 452 g/mol. The highest BCUT2D eigenvalue weighted by molar-refractivity contribution is 5.73. The number of carbonyl (C=O) groups excluding carboxylic acids is 1. The van der Waals surface area contributed by atoms with Crippen LogP contribution >= 0.6 is 0 Å². The molecule has 0 atom stereocenters. The molecule has 0 heterocycles. The van der Waals surface area contributed by atoms with Gasteiger partial charge in [0.1, 0.15) is 0 Å². The van der Waals surface area contributed by atoms with Gasteiger partial charge in [-0.2, -0.15) is 0 Å². The Hall–Kier alpha value is -2.87. The zero-order valence-electron chi connectivity index (χ0n) is 23.7. The molecule has 1 fully saturated rings. The standard InChI is InChI=1S/C35H44O2/c1-7-35(8-2,30-17-19-32(26(4)23-30)34(5)20-10-9-11-21-34)29-16-18-31(25(3)22-29)28-14-12-27(13-15-28)24-33(36)37-6/h12-19,22-23H,7-11,20-21,24H2,1-6H3. The lowest BCUT2D eigenvalue weighted by Crippen LogP contribution is -2.29. The normalized spacial score (nSPS) is 15.4. The summed E-state index contributed by atoms with van der Waals surface area (Å²) in [5.74, 6) is -0.208. The van der Waals surface area contributed by atoms with E-state index in [0.717, 1.165) is 18.4 Å². The number of hydrogen-bond acceptors (Lipinski definition) is 2. The molecule has 0 aromatic heterocycles. The maximum atomic E-state index is 11.6. The molecular formula is C35H44O2. The van der Waals surface area contributed by atoms with Crippen LogP contribution in [0, 0.1) is 13.8 Å². The zero-order valence-corrected chi connectivity index (χ0v) is 23.7. The lowest BCUT2D eigenvalue weighted by atomic mass is 9.66. The summed E-state index contributed by atoms with van der Waals surface area (Å²) in [4.78, 5) is 11.6. The summed E-state index contributed by atoms with van der Waals surface area (Å²) >= 11 is 0. The predicted molar refractivity (Wildman–Crippen MR) is 155 cm³/mol. The first-order valence-corrected chi connectivity index (χ1v) is 14.1. The van der Waals surface area contributed by atoms with Crippen molar-refractivity contribution in [2.45, 2.75) is 96.8 Å². The van der Waals surface area contributed by atoms with Crippen LogP contribution in [-0.2, 0) is 26.8 Å². The van der Waals surface area contributed by atoms with Crippen molar-refractivity contribution >= 4 is 5.97 Å². The summed E-state index contributed by atoms with van der Waals surface area (Å²) in [7, 11) is 1.43. The highest BCUT2D eigenvalue weighted by Gasteiger charge is 2.34. The number of rotatable bonds is 8. The van der Waals surface area contributed by atoms with Gasteiger partial charge >= 0.3 is 5.97 Å². The Morgan fingerprint density at radius 3 is 1.97 bits per heavy atom. The van der Waals surface area contributed by atoms with E-state index in [1.807, 2.05) is 12.1 Å². The lowest BCUT2D eigenvalue weighted by molar-refractivity contribution is -0.139. The Kier molecular flexibility index (Phi) is 8.26. The molecule has 2 nitrogen and oxygen atoms in total. The van der Waals surface area contributed by atoms with Gasteiger partial charge in [-0.25, -0.2) is 0 Å². The molecule has 196 valence electrons. The second kappa shape index (κ2) is 11.3. The number of methoxy groups -OCH3 is 1. The Balaban J connectivity index is 1.66. The maximum Gasteiger partial charge on any atom is 0.309 e. The third kappa shape index (κ3) is 5.40. The van der Waals surface area contributed by atoms with E-state index in [-0.39, 0.29) is 11.4 Å². The number of benzene rings is 3.